The van der Waals surface area contributed by atoms with Crippen LogP contribution in [0.1, 0.15) is 35.2 Å². The van der Waals surface area contributed by atoms with Gasteiger partial charge in [0.2, 0.25) is 0 Å². The van der Waals surface area contributed by atoms with Gasteiger partial charge in [-0.25, -0.2) is 9.79 Å². The van der Waals surface area contributed by atoms with E-state index >= 15 is 0 Å². The predicted molar refractivity (Wildman–Crippen MR) is 190 cm³/mol. The van der Waals surface area contributed by atoms with Crippen molar-refractivity contribution in [2.24, 2.45) is 4.99 Å². The first-order valence-electron chi connectivity index (χ1n) is 15.1. The van der Waals surface area contributed by atoms with E-state index in [4.69, 9.17) is 26.1 Å². The second-order valence-electron chi connectivity index (χ2n) is 11.1. The van der Waals surface area contributed by atoms with Crippen LogP contribution in [0.4, 0.5) is 5.69 Å². The number of aromatic nitrogens is 1. The Morgan fingerprint density at radius 1 is 0.979 bits per heavy atom. The Hall–Kier alpha value is -4.77. The van der Waals surface area contributed by atoms with E-state index in [2.05, 4.69) is 15.9 Å². The summed E-state index contributed by atoms with van der Waals surface area (Å²) in [6, 6.07) is 28.5. The molecule has 8 nitrogen and oxygen atoms in total. The standard InChI is InChI=1S/C37H27BrClN3O5S/c1-3-47-36(45)30-31(22-12-8-5-9-13-22)40-37-42(32(30)26-19-24(39)15-17-28(26)46-2)35(44)33(48-37)29-25-18-23(38)14-16-27(25)41(34(29)43)20-21-10-6-4-7-11-21/h4-19,32H,3,20H2,1-2H3/b33-29+/t32-/m0/s1. The van der Waals surface area contributed by atoms with E-state index in [1.807, 2.05) is 78.9 Å². The van der Waals surface area contributed by atoms with Crippen LogP contribution in [0.5, 0.6) is 5.75 Å². The van der Waals surface area contributed by atoms with Gasteiger partial charge < -0.3 is 14.4 Å². The highest BCUT2D eigenvalue weighted by Gasteiger charge is 2.39. The third-order valence-corrected chi connectivity index (χ3v) is 10.0. The lowest BCUT2D eigenvalue weighted by Crippen LogP contribution is -2.41. The highest BCUT2D eigenvalue weighted by atomic mass is 79.9. The van der Waals surface area contributed by atoms with Gasteiger partial charge in [-0.15, -0.1) is 0 Å². The quantitative estimate of drug-likeness (QED) is 0.184. The average molecular weight is 741 g/mol. The summed E-state index contributed by atoms with van der Waals surface area (Å²) in [5.41, 5.74) is 3.69. The molecule has 7 rings (SSSR count). The van der Waals surface area contributed by atoms with Gasteiger partial charge in [-0.3, -0.25) is 14.2 Å². The maximum Gasteiger partial charge on any atom is 0.338 e. The minimum atomic E-state index is -1.03. The van der Waals surface area contributed by atoms with E-state index in [1.165, 1.54) is 11.7 Å². The fraction of sp³-hybridized carbons (Fsp3) is 0.135. The van der Waals surface area contributed by atoms with Crippen molar-refractivity contribution in [1.82, 2.24) is 4.57 Å². The molecule has 240 valence electrons. The number of carbonyl (C=O) groups excluding carboxylic acids is 2. The number of hydrogen-bond acceptors (Lipinski definition) is 7. The smallest absolute Gasteiger partial charge is 0.338 e. The first-order valence-corrected chi connectivity index (χ1v) is 17.1. The van der Waals surface area contributed by atoms with Crippen LogP contribution in [-0.2, 0) is 20.9 Å². The fourth-order valence-electron chi connectivity index (χ4n) is 6.15. The number of fused-ring (bicyclic) bond motifs is 2. The van der Waals surface area contributed by atoms with E-state index in [0.29, 0.717) is 50.2 Å². The van der Waals surface area contributed by atoms with Gasteiger partial charge in [-0.1, -0.05) is 99.5 Å². The minimum Gasteiger partial charge on any atom is -0.496 e. The Morgan fingerprint density at radius 2 is 1.71 bits per heavy atom. The second-order valence-corrected chi connectivity index (χ2v) is 13.4. The first kappa shape index (κ1) is 31.8. The zero-order valence-corrected chi connectivity index (χ0v) is 28.9. The van der Waals surface area contributed by atoms with E-state index in [0.717, 1.165) is 21.4 Å². The van der Waals surface area contributed by atoms with Gasteiger partial charge in [0.05, 0.1) is 42.8 Å². The molecule has 2 aliphatic rings. The Kier molecular flexibility index (Phi) is 8.63. The molecule has 0 bridgehead atoms. The van der Waals surface area contributed by atoms with E-state index in [1.54, 1.807) is 30.0 Å². The Labute approximate surface area is 293 Å². The number of halogens is 2. The number of carbonyl (C=O) groups is 2. The van der Waals surface area contributed by atoms with Gasteiger partial charge in [-0.2, -0.15) is 0 Å². The molecule has 11 heteroatoms. The number of amides is 1. The Morgan fingerprint density at radius 3 is 2.42 bits per heavy atom. The zero-order chi connectivity index (χ0) is 33.5. The van der Waals surface area contributed by atoms with Crippen LogP contribution in [0.2, 0.25) is 5.02 Å². The number of ether oxygens (including phenoxy) is 2. The maximum atomic E-state index is 14.8. The van der Waals surface area contributed by atoms with Crippen LogP contribution in [0.15, 0.2) is 117 Å². The molecule has 0 fully saturated rings. The summed E-state index contributed by atoms with van der Waals surface area (Å²) in [5.74, 6) is -0.522. The summed E-state index contributed by atoms with van der Waals surface area (Å²) in [7, 11) is 1.51. The van der Waals surface area contributed by atoms with Crippen molar-refractivity contribution in [3.05, 3.63) is 154 Å². The highest BCUT2D eigenvalue weighted by molar-refractivity contribution is 9.10. The summed E-state index contributed by atoms with van der Waals surface area (Å²) >= 11 is 11.2. The van der Waals surface area contributed by atoms with Crippen molar-refractivity contribution in [2.45, 2.75) is 19.5 Å². The number of anilines is 1. The van der Waals surface area contributed by atoms with Crippen molar-refractivity contribution < 1.29 is 19.1 Å². The van der Waals surface area contributed by atoms with Crippen LogP contribution in [0.3, 0.4) is 0 Å². The Bertz CT molecular complexity index is 2320. The van der Waals surface area contributed by atoms with E-state index in [9.17, 15) is 14.4 Å². The number of thiazole rings is 1. The number of benzene rings is 4. The van der Waals surface area contributed by atoms with Gasteiger partial charge >= 0.3 is 5.97 Å². The maximum absolute atomic E-state index is 14.8. The van der Waals surface area contributed by atoms with Gasteiger partial charge in [0.25, 0.3) is 11.5 Å². The molecule has 0 saturated carbocycles. The molecule has 0 unspecified atom stereocenters. The molecular weight excluding hydrogens is 714 g/mol. The van der Waals surface area contributed by atoms with Gasteiger partial charge in [-0.05, 0) is 48.9 Å². The molecule has 0 aliphatic carbocycles. The summed E-state index contributed by atoms with van der Waals surface area (Å²) in [6.45, 7) is 2.15. The van der Waals surface area contributed by atoms with Crippen molar-refractivity contribution in [3.8, 4) is 5.75 Å². The van der Waals surface area contributed by atoms with Crippen molar-refractivity contribution in [2.75, 3.05) is 18.6 Å². The molecule has 48 heavy (non-hydrogen) atoms. The molecule has 0 spiro atoms. The SMILES string of the molecule is CCOC(=O)C1=C(c2ccccc2)N=c2s/c(=C3/C(=O)N(Cc4ccccc4)c4ccc(Br)cc43)c(=O)n2[C@H]1c1cc(Cl)ccc1OC. The third-order valence-electron chi connectivity index (χ3n) is 8.22. The highest BCUT2D eigenvalue weighted by Crippen LogP contribution is 2.41. The van der Waals surface area contributed by atoms with Crippen LogP contribution >= 0.6 is 38.9 Å². The molecule has 5 aromatic rings. The monoisotopic (exact) mass is 739 g/mol. The topological polar surface area (TPSA) is 90.2 Å². The zero-order valence-electron chi connectivity index (χ0n) is 25.8. The molecule has 1 atom stereocenters. The van der Waals surface area contributed by atoms with Crippen molar-refractivity contribution in [1.29, 1.82) is 0 Å². The molecule has 0 radical (unpaired) electrons. The Balaban J connectivity index is 1.55. The average Bonchev–Trinajstić information content (AvgIpc) is 3.56. The largest absolute Gasteiger partial charge is 0.496 e. The van der Waals surface area contributed by atoms with Crippen LogP contribution in [-0.4, -0.2) is 30.2 Å². The predicted octanol–water partition coefficient (Wildman–Crippen LogP) is 6.28. The molecular formula is C37H27BrClN3O5S. The molecule has 0 saturated heterocycles. The minimum absolute atomic E-state index is 0.107. The van der Waals surface area contributed by atoms with Crippen molar-refractivity contribution >= 4 is 67.7 Å². The van der Waals surface area contributed by atoms with Crippen LogP contribution in [0, 0.1) is 0 Å². The van der Waals surface area contributed by atoms with Crippen LogP contribution < -0.4 is 24.5 Å². The number of hydrogen-bond donors (Lipinski definition) is 0. The lowest BCUT2D eigenvalue weighted by Gasteiger charge is -2.27. The summed E-state index contributed by atoms with van der Waals surface area (Å²) in [4.78, 5) is 50.0. The van der Waals surface area contributed by atoms with Gasteiger partial charge in [0, 0.05) is 26.2 Å². The molecule has 3 heterocycles. The van der Waals surface area contributed by atoms with Gasteiger partial charge in [0.1, 0.15) is 16.3 Å². The summed E-state index contributed by atoms with van der Waals surface area (Å²) in [6.07, 6.45) is 0. The fourth-order valence-corrected chi connectivity index (χ4v) is 7.78. The third kappa shape index (κ3) is 5.49. The molecule has 1 aromatic heterocycles. The lowest BCUT2D eigenvalue weighted by molar-refractivity contribution is -0.138. The number of methoxy groups -OCH3 is 1. The number of esters is 1. The number of rotatable bonds is 7. The molecule has 4 aromatic carbocycles. The summed E-state index contributed by atoms with van der Waals surface area (Å²) < 4.78 is 13.7. The van der Waals surface area contributed by atoms with E-state index < -0.39 is 17.6 Å². The van der Waals surface area contributed by atoms with Crippen LogP contribution in [0.25, 0.3) is 11.3 Å². The summed E-state index contributed by atoms with van der Waals surface area (Å²) in [5, 5.41) is 0.388. The molecule has 1 amide bonds. The number of nitrogens with zero attached hydrogens (tertiary/aromatic N) is 3. The van der Waals surface area contributed by atoms with Crippen molar-refractivity contribution in [3.63, 3.8) is 0 Å². The first-order chi connectivity index (χ1) is 23.3. The van der Waals surface area contributed by atoms with Gasteiger partial charge in [0.15, 0.2) is 4.80 Å². The van der Waals surface area contributed by atoms with E-state index in [-0.39, 0.29) is 28.2 Å². The molecule has 2 aliphatic heterocycles. The molecule has 0 N–H and O–H groups in total. The lowest BCUT2D eigenvalue weighted by atomic mass is 9.92. The normalized spacial score (nSPS) is 16.4. The second kappa shape index (κ2) is 13.0.